The van der Waals surface area contributed by atoms with Gasteiger partial charge in [-0.3, -0.25) is 9.59 Å². The standard InChI is InChI=1S/C20H20ClFN4O3/c1-29-9-8-26(12-19(27)24-17-10-13(21)6-7-15(17)22)11-18-23-16-5-3-2-4-14(16)20(28)25-18/h2-7,10H,8-9,11-12H2,1H3,(H,24,27)(H,23,25,28)/p+1. The average molecular weight is 420 g/mol. The van der Waals surface area contributed by atoms with E-state index in [2.05, 4.69) is 15.3 Å². The smallest absolute Gasteiger partial charge is 0.279 e. The second-order valence-electron chi connectivity index (χ2n) is 6.55. The van der Waals surface area contributed by atoms with Crippen molar-refractivity contribution >= 4 is 34.1 Å². The number of hydrogen-bond acceptors (Lipinski definition) is 4. The summed E-state index contributed by atoms with van der Waals surface area (Å²) in [5.41, 5.74) is 0.371. The number of fused-ring (bicyclic) bond motifs is 1. The fraction of sp³-hybridized carbons (Fsp3) is 0.250. The van der Waals surface area contributed by atoms with E-state index in [1.807, 2.05) is 0 Å². The zero-order valence-electron chi connectivity index (χ0n) is 15.8. The molecule has 1 heterocycles. The maximum atomic E-state index is 13.9. The molecule has 0 saturated heterocycles. The van der Waals surface area contributed by atoms with Crippen LogP contribution in [0.5, 0.6) is 0 Å². The molecule has 0 spiro atoms. The Labute approximate surface area is 171 Å². The van der Waals surface area contributed by atoms with Gasteiger partial charge in [0.05, 0.1) is 23.2 Å². The van der Waals surface area contributed by atoms with Crippen LogP contribution in [0.15, 0.2) is 47.3 Å². The summed E-state index contributed by atoms with van der Waals surface area (Å²) in [7, 11) is 1.56. The lowest BCUT2D eigenvalue weighted by Gasteiger charge is -2.18. The summed E-state index contributed by atoms with van der Waals surface area (Å²) in [6.45, 7) is 1.24. The maximum Gasteiger partial charge on any atom is 0.279 e. The first-order chi connectivity index (χ1) is 14.0. The predicted octanol–water partition coefficient (Wildman–Crippen LogP) is 1.39. The number of nitrogens with zero attached hydrogens (tertiary/aromatic N) is 1. The monoisotopic (exact) mass is 419 g/mol. The van der Waals surface area contributed by atoms with Crippen molar-refractivity contribution < 1.29 is 18.8 Å². The van der Waals surface area contributed by atoms with Gasteiger partial charge in [0.25, 0.3) is 11.5 Å². The van der Waals surface area contributed by atoms with Gasteiger partial charge in [-0.15, -0.1) is 0 Å². The highest BCUT2D eigenvalue weighted by Gasteiger charge is 2.18. The van der Waals surface area contributed by atoms with Gasteiger partial charge < -0.3 is 19.9 Å². The third kappa shape index (κ3) is 5.60. The summed E-state index contributed by atoms with van der Waals surface area (Å²) in [6.07, 6.45) is 0. The normalized spacial score (nSPS) is 12.1. The van der Waals surface area contributed by atoms with Crippen molar-refractivity contribution in [2.24, 2.45) is 0 Å². The Morgan fingerprint density at radius 2 is 2.10 bits per heavy atom. The van der Waals surface area contributed by atoms with Crippen molar-refractivity contribution in [3.8, 4) is 0 Å². The predicted molar refractivity (Wildman–Crippen MR) is 109 cm³/mol. The topological polar surface area (TPSA) is 88.5 Å². The molecule has 29 heavy (non-hydrogen) atoms. The Kier molecular flexibility index (Phi) is 6.92. The van der Waals surface area contributed by atoms with E-state index in [-0.39, 0.29) is 23.7 Å². The molecule has 0 aliphatic carbocycles. The molecule has 7 nitrogen and oxygen atoms in total. The summed E-state index contributed by atoms with van der Waals surface area (Å²) in [6, 6.07) is 11.0. The Balaban J connectivity index is 1.75. The molecule has 3 N–H and O–H groups in total. The van der Waals surface area contributed by atoms with E-state index in [0.717, 1.165) is 4.90 Å². The van der Waals surface area contributed by atoms with Crippen LogP contribution in [0.1, 0.15) is 5.82 Å². The van der Waals surface area contributed by atoms with Crippen LogP contribution in [0, 0.1) is 5.82 Å². The average Bonchev–Trinajstić information content (AvgIpc) is 2.69. The third-order valence-electron chi connectivity index (χ3n) is 4.35. The second kappa shape index (κ2) is 9.60. The van der Waals surface area contributed by atoms with E-state index >= 15 is 0 Å². The number of H-pyrrole nitrogens is 1. The van der Waals surface area contributed by atoms with Crippen LogP contribution in [0.2, 0.25) is 5.02 Å². The molecule has 9 heteroatoms. The largest absolute Gasteiger partial charge is 0.379 e. The van der Waals surface area contributed by atoms with Gasteiger partial charge in [0, 0.05) is 12.1 Å². The van der Waals surface area contributed by atoms with Crippen LogP contribution in [-0.4, -0.2) is 42.7 Å². The maximum absolute atomic E-state index is 13.9. The molecular weight excluding hydrogens is 399 g/mol. The Morgan fingerprint density at radius 3 is 2.90 bits per heavy atom. The molecule has 0 saturated carbocycles. The summed E-state index contributed by atoms with van der Waals surface area (Å²) in [5, 5.41) is 3.36. The second-order valence-corrected chi connectivity index (χ2v) is 6.98. The summed E-state index contributed by atoms with van der Waals surface area (Å²) >= 11 is 5.86. The van der Waals surface area contributed by atoms with Crippen LogP contribution in [0.4, 0.5) is 10.1 Å². The van der Waals surface area contributed by atoms with Crippen molar-refractivity contribution in [1.29, 1.82) is 0 Å². The van der Waals surface area contributed by atoms with Gasteiger partial charge in [-0.1, -0.05) is 23.7 Å². The zero-order chi connectivity index (χ0) is 20.8. The number of hydrogen-bond donors (Lipinski definition) is 3. The number of aromatic nitrogens is 2. The molecule has 1 aromatic heterocycles. The Morgan fingerprint density at radius 1 is 1.31 bits per heavy atom. The number of para-hydroxylation sites is 1. The van der Waals surface area contributed by atoms with Crippen LogP contribution in [0.25, 0.3) is 10.9 Å². The molecule has 1 amide bonds. The van der Waals surface area contributed by atoms with Crippen LogP contribution in [-0.2, 0) is 16.1 Å². The van der Waals surface area contributed by atoms with E-state index in [0.29, 0.717) is 41.4 Å². The van der Waals surface area contributed by atoms with Gasteiger partial charge >= 0.3 is 0 Å². The number of rotatable bonds is 8. The number of carbonyl (C=O) groups excluding carboxylic acids is 1. The molecule has 0 radical (unpaired) electrons. The highest BCUT2D eigenvalue weighted by atomic mass is 35.5. The van der Waals surface area contributed by atoms with Gasteiger partial charge in [-0.2, -0.15) is 0 Å². The molecule has 3 rings (SSSR count). The van der Waals surface area contributed by atoms with E-state index in [9.17, 15) is 14.0 Å². The molecular formula is C20H21ClFN4O3+. The number of methoxy groups -OCH3 is 1. The number of aromatic amines is 1. The minimum absolute atomic E-state index is 0.0193. The molecule has 0 bridgehead atoms. The van der Waals surface area contributed by atoms with Gasteiger partial charge in [-0.05, 0) is 30.3 Å². The summed E-state index contributed by atoms with van der Waals surface area (Å²) < 4.78 is 19.0. The number of benzene rings is 2. The quantitative estimate of drug-likeness (QED) is 0.515. The lowest BCUT2D eigenvalue weighted by molar-refractivity contribution is -0.906. The van der Waals surface area contributed by atoms with Crippen molar-refractivity contribution in [3.05, 3.63) is 69.5 Å². The first kappa shape index (κ1) is 20.9. The van der Waals surface area contributed by atoms with Gasteiger partial charge in [0.1, 0.15) is 18.9 Å². The number of anilines is 1. The molecule has 1 unspecified atom stereocenters. The molecule has 2 aromatic carbocycles. The van der Waals surface area contributed by atoms with Crippen LogP contribution < -0.4 is 15.8 Å². The summed E-state index contributed by atoms with van der Waals surface area (Å²) in [4.78, 5) is 32.7. The number of halogens is 2. The molecule has 0 fully saturated rings. The highest BCUT2D eigenvalue weighted by Crippen LogP contribution is 2.19. The Hall–Kier alpha value is -2.81. The van der Waals surface area contributed by atoms with Crippen LogP contribution >= 0.6 is 11.6 Å². The third-order valence-corrected chi connectivity index (χ3v) is 4.59. The van der Waals surface area contributed by atoms with Gasteiger partial charge in [0.15, 0.2) is 12.4 Å². The zero-order valence-corrected chi connectivity index (χ0v) is 16.6. The lowest BCUT2D eigenvalue weighted by atomic mass is 10.2. The van der Waals surface area contributed by atoms with E-state index in [1.54, 1.807) is 31.4 Å². The van der Waals surface area contributed by atoms with Crippen molar-refractivity contribution in [3.63, 3.8) is 0 Å². The van der Waals surface area contributed by atoms with Crippen molar-refractivity contribution in [2.45, 2.75) is 6.54 Å². The molecule has 0 aliphatic rings. The number of nitrogens with one attached hydrogen (secondary N) is 3. The first-order valence-electron chi connectivity index (χ1n) is 9.01. The number of ether oxygens (including phenoxy) is 1. The van der Waals surface area contributed by atoms with Crippen molar-refractivity contribution in [2.75, 3.05) is 32.1 Å². The highest BCUT2D eigenvalue weighted by molar-refractivity contribution is 6.30. The summed E-state index contributed by atoms with van der Waals surface area (Å²) in [5.74, 6) is -0.497. The number of quaternary nitrogens is 1. The van der Waals surface area contributed by atoms with Crippen molar-refractivity contribution in [1.82, 2.24) is 9.97 Å². The van der Waals surface area contributed by atoms with E-state index < -0.39 is 5.82 Å². The minimum Gasteiger partial charge on any atom is -0.379 e. The fourth-order valence-corrected chi connectivity index (χ4v) is 3.13. The molecule has 1 atom stereocenters. The fourth-order valence-electron chi connectivity index (χ4n) is 2.96. The molecule has 3 aromatic rings. The number of carbonyl (C=O) groups is 1. The van der Waals surface area contributed by atoms with Crippen LogP contribution in [0.3, 0.4) is 0 Å². The van der Waals surface area contributed by atoms with E-state index in [1.165, 1.54) is 18.2 Å². The van der Waals surface area contributed by atoms with E-state index in [4.69, 9.17) is 16.3 Å². The molecule has 0 aliphatic heterocycles. The SMILES string of the molecule is COCC[NH+](CC(=O)Nc1cc(Cl)ccc1F)Cc1nc2ccccc2c(=O)[nH]1. The molecule has 152 valence electrons. The minimum atomic E-state index is -0.568. The van der Waals surface area contributed by atoms with Gasteiger partial charge in [-0.25, -0.2) is 9.37 Å². The number of amides is 1. The van der Waals surface area contributed by atoms with Gasteiger partial charge in [0.2, 0.25) is 0 Å². The lowest BCUT2D eigenvalue weighted by Crippen LogP contribution is -3.12. The Bertz CT molecular complexity index is 1070. The first-order valence-corrected chi connectivity index (χ1v) is 9.39.